The fraction of sp³-hybridized carbons (Fsp3) is 0.211. The number of halogens is 1. The molecule has 0 fully saturated rings. The Morgan fingerprint density at radius 1 is 1.19 bits per heavy atom. The number of allylic oxidation sites excluding steroid dienone is 3. The third-order valence-corrected chi connectivity index (χ3v) is 6.30. The number of nitrogens with zero attached hydrogens (tertiary/aromatic N) is 3. The van der Waals surface area contributed by atoms with E-state index in [1.807, 2.05) is 32.1 Å². The van der Waals surface area contributed by atoms with Gasteiger partial charge >= 0.3 is 11.1 Å². The quantitative estimate of drug-likeness (QED) is 0.270. The second-order valence-corrected chi connectivity index (χ2v) is 7.99. The number of carbonyl (C=O) groups excluding carboxylic acids is 1. The van der Waals surface area contributed by atoms with Crippen LogP contribution in [0.4, 0.5) is 5.69 Å². The Morgan fingerprint density at radius 3 is 2.73 bits per heavy atom. The average molecular weight is 495 g/mol. The van der Waals surface area contributed by atoms with Gasteiger partial charge in [-0.05, 0) is 43.1 Å². The maximum absolute atomic E-state index is 12.7. The number of carbonyl (C=O) groups is 1. The molecule has 0 unspecified atom stereocenters. The Balaban J connectivity index is 0.00000196. The van der Waals surface area contributed by atoms with Gasteiger partial charge in [0.15, 0.2) is 5.69 Å². The number of anilines is 1. The molecule has 26 heavy (non-hydrogen) atoms. The minimum atomic E-state index is 0. The number of benzene rings is 1. The zero-order valence-corrected chi connectivity index (χ0v) is 18.5. The molecular formula is C19H18IN3OS2. The first kappa shape index (κ1) is 19.4. The lowest BCUT2D eigenvalue weighted by atomic mass is 10.3. The zero-order valence-electron chi connectivity index (χ0n) is 14.7. The van der Waals surface area contributed by atoms with E-state index in [1.165, 1.54) is 22.3 Å². The number of aromatic nitrogens is 2. The molecule has 0 N–H and O–H groups in total. The summed E-state index contributed by atoms with van der Waals surface area (Å²) < 4.78 is 1.69. The molecule has 2 aromatic rings. The Labute approximate surface area is 178 Å². The SMILES string of the molecule is CCN1/C(=C/C=C2\Sc3nc(C)cc(C)[n+]3C2=O)Sc2ccccc21.[I-]. The molecule has 2 aliphatic heterocycles. The van der Waals surface area contributed by atoms with E-state index < -0.39 is 0 Å². The van der Waals surface area contributed by atoms with Crippen LogP contribution in [0, 0.1) is 13.8 Å². The van der Waals surface area contributed by atoms with Crippen LogP contribution in [0.25, 0.3) is 0 Å². The summed E-state index contributed by atoms with van der Waals surface area (Å²) >= 11 is 3.18. The lowest BCUT2D eigenvalue weighted by molar-refractivity contribution is -0.619. The second-order valence-electron chi connectivity index (χ2n) is 5.91. The fourth-order valence-electron chi connectivity index (χ4n) is 3.07. The summed E-state index contributed by atoms with van der Waals surface area (Å²) in [6.07, 6.45) is 3.97. The Bertz CT molecular complexity index is 956. The summed E-state index contributed by atoms with van der Waals surface area (Å²) in [4.78, 5) is 21.4. The number of hydrogen-bond acceptors (Lipinski definition) is 5. The predicted octanol–water partition coefficient (Wildman–Crippen LogP) is 1.09. The van der Waals surface area contributed by atoms with Crippen LogP contribution in [0.3, 0.4) is 0 Å². The fourth-order valence-corrected chi connectivity index (χ4v) is 5.22. The highest BCUT2D eigenvalue weighted by molar-refractivity contribution is 8.04. The first-order valence-electron chi connectivity index (χ1n) is 8.17. The van der Waals surface area contributed by atoms with Crippen LogP contribution in [0.5, 0.6) is 0 Å². The molecule has 0 radical (unpaired) electrons. The minimum absolute atomic E-state index is 0. The first-order valence-corrected chi connectivity index (χ1v) is 9.81. The van der Waals surface area contributed by atoms with Crippen molar-refractivity contribution in [1.82, 2.24) is 4.98 Å². The summed E-state index contributed by atoms with van der Waals surface area (Å²) in [5.74, 6) is 0.00501. The molecule has 0 saturated heterocycles. The van der Waals surface area contributed by atoms with Gasteiger partial charge in [0.05, 0.1) is 10.7 Å². The number of fused-ring (bicyclic) bond motifs is 2. The highest BCUT2D eigenvalue weighted by Gasteiger charge is 2.36. The highest BCUT2D eigenvalue weighted by Crippen LogP contribution is 2.45. The van der Waals surface area contributed by atoms with Crippen molar-refractivity contribution in [3.8, 4) is 0 Å². The second kappa shape index (κ2) is 7.74. The minimum Gasteiger partial charge on any atom is -1.00 e. The molecule has 4 rings (SSSR count). The van der Waals surface area contributed by atoms with Crippen molar-refractivity contribution in [2.24, 2.45) is 0 Å². The van der Waals surface area contributed by atoms with Crippen LogP contribution in [0.15, 0.2) is 62.5 Å². The predicted molar refractivity (Wildman–Crippen MR) is 102 cm³/mol. The molecule has 3 heterocycles. The summed E-state index contributed by atoms with van der Waals surface area (Å²) in [5.41, 5.74) is 3.09. The molecule has 1 aromatic heterocycles. The van der Waals surface area contributed by atoms with Crippen molar-refractivity contribution in [1.29, 1.82) is 0 Å². The van der Waals surface area contributed by atoms with Crippen LogP contribution < -0.4 is 33.4 Å². The van der Waals surface area contributed by atoms with Crippen LogP contribution >= 0.6 is 23.5 Å². The smallest absolute Gasteiger partial charge is 0.372 e. The van der Waals surface area contributed by atoms with E-state index in [-0.39, 0.29) is 29.9 Å². The molecule has 0 bridgehead atoms. The molecule has 0 saturated carbocycles. The first-order chi connectivity index (χ1) is 12.1. The molecule has 0 aliphatic carbocycles. The number of rotatable bonds is 2. The lowest BCUT2D eigenvalue weighted by Gasteiger charge is -2.17. The topological polar surface area (TPSA) is 37.1 Å². The van der Waals surface area contributed by atoms with Gasteiger partial charge in [0, 0.05) is 36.2 Å². The van der Waals surface area contributed by atoms with Gasteiger partial charge in [-0.15, -0.1) is 0 Å². The van der Waals surface area contributed by atoms with Crippen molar-refractivity contribution in [2.45, 2.75) is 30.8 Å². The monoisotopic (exact) mass is 495 g/mol. The van der Waals surface area contributed by atoms with Gasteiger partial charge in [-0.25, -0.2) is 4.79 Å². The molecule has 7 heteroatoms. The standard InChI is InChI=1S/C19H18N3OS2.HI/c1-4-21-14-7-5-6-8-15(14)24-17(21)10-9-16-18(23)22-13(3)11-12(2)20-19(22)25-16;/h5-11H,4H2,1-3H3;1H/q+1;/p-1/b16-9-,17-10-;. The van der Waals surface area contributed by atoms with E-state index in [9.17, 15) is 4.79 Å². The van der Waals surface area contributed by atoms with Crippen LogP contribution in [0.2, 0.25) is 0 Å². The third kappa shape index (κ3) is 3.32. The maximum atomic E-state index is 12.7. The van der Waals surface area contributed by atoms with E-state index in [0.29, 0.717) is 4.91 Å². The number of thioether (sulfide) groups is 2. The lowest BCUT2D eigenvalue weighted by Crippen LogP contribution is -3.00. The van der Waals surface area contributed by atoms with Gasteiger partial charge in [-0.1, -0.05) is 23.9 Å². The van der Waals surface area contributed by atoms with E-state index in [2.05, 4.69) is 41.1 Å². The Morgan fingerprint density at radius 2 is 1.96 bits per heavy atom. The molecular weight excluding hydrogens is 477 g/mol. The normalized spacial score (nSPS) is 18.3. The largest absolute Gasteiger partial charge is 1.00 e. The summed E-state index contributed by atoms with van der Waals surface area (Å²) in [6, 6.07) is 10.3. The van der Waals surface area contributed by atoms with E-state index in [4.69, 9.17) is 0 Å². The zero-order chi connectivity index (χ0) is 17.6. The van der Waals surface area contributed by atoms with Crippen molar-refractivity contribution >= 4 is 35.1 Å². The van der Waals surface area contributed by atoms with Crippen molar-refractivity contribution in [3.63, 3.8) is 0 Å². The van der Waals surface area contributed by atoms with Gasteiger partial charge < -0.3 is 28.9 Å². The maximum Gasteiger partial charge on any atom is 0.372 e. The Hall–Kier alpha value is -1.32. The molecule has 0 spiro atoms. The summed E-state index contributed by atoms with van der Waals surface area (Å²) in [5, 5.41) is 1.90. The third-order valence-electron chi connectivity index (χ3n) is 4.18. The van der Waals surface area contributed by atoms with Gasteiger partial charge in [-0.3, -0.25) is 0 Å². The van der Waals surface area contributed by atoms with Crippen molar-refractivity contribution in [3.05, 3.63) is 63.8 Å². The molecule has 134 valence electrons. The van der Waals surface area contributed by atoms with Gasteiger partial charge in [0.25, 0.3) is 0 Å². The highest BCUT2D eigenvalue weighted by atomic mass is 127. The molecule has 2 aliphatic rings. The van der Waals surface area contributed by atoms with E-state index in [1.54, 1.807) is 16.3 Å². The summed E-state index contributed by atoms with van der Waals surface area (Å²) in [6.45, 7) is 6.93. The van der Waals surface area contributed by atoms with Gasteiger partial charge in [-0.2, -0.15) is 4.57 Å². The molecule has 0 amide bonds. The summed E-state index contributed by atoms with van der Waals surface area (Å²) in [7, 11) is 0. The molecule has 4 nitrogen and oxygen atoms in total. The van der Waals surface area contributed by atoms with Crippen LogP contribution in [0.1, 0.15) is 23.1 Å². The number of hydrogen-bond donors (Lipinski definition) is 0. The van der Waals surface area contributed by atoms with Gasteiger partial charge in [0.2, 0.25) is 0 Å². The van der Waals surface area contributed by atoms with E-state index >= 15 is 0 Å². The van der Waals surface area contributed by atoms with Crippen LogP contribution in [-0.2, 0) is 0 Å². The van der Waals surface area contributed by atoms with Crippen molar-refractivity contribution < 1.29 is 33.3 Å². The van der Waals surface area contributed by atoms with E-state index in [0.717, 1.165) is 28.1 Å². The molecule has 0 atom stereocenters. The number of para-hydroxylation sites is 1. The average Bonchev–Trinajstić information content (AvgIpc) is 3.10. The van der Waals surface area contributed by atoms with Gasteiger partial charge in [0.1, 0.15) is 10.6 Å². The molecule has 1 aromatic carbocycles. The number of aryl methyl sites for hydroxylation is 2. The van der Waals surface area contributed by atoms with Crippen molar-refractivity contribution in [2.75, 3.05) is 11.4 Å². The van der Waals surface area contributed by atoms with Crippen LogP contribution in [-0.4, -0.2) is 17.4 Å². The Kier molecular flexibility index (Phi) is 5.78.